The van der Waals surface area contributed by atoms with E-state index in [1.807, 2.05) is 0 Å². The van der Waals surface area contributed by atoms with E-state index in [1.165, 1.54) is 17.2 Å². The number of carbonyl (C=O) groups is 3. The number of carbonyl (C=O) groups excluding carboxylic acids is 3. The van der Waals surface area contributed by atoms with Gasteiger partial charge in [-0.3, -0.25) is 9.59 Å². The monoisotopic (exact) mass is 280 g/mol. The number of amides is 2. The molecule has 20 heavy (non-hydrogen) atoms. The molecule has 7 nitrogen and oxygen atoms in total. The summed E-state index contributed by atoms with van der Waals surface area (Å²) in [5, 5.41) is 0. The largest absolute Gasteiger partial charge is 0.457 e. The number of primary amides is 1. The van der Waals surface area contributed by atoms with E-state index in [-0.39, 0.29) is 30.7 Å². The first-order valence-electron chi connectivity index (χ1n) is 6.35. The molecule has 1 unspecified atom stereocenters. The number of hydrogen-bond donors (Lipinski definition) is 1. The van der Waals surface area contributed by atoms with Crippen LogP contribution < -0.4 is 5.73 Å². The molecule has 0 radical (unpaired) electrons. The zero-order valence-electron chi connectivity index (χ0n) is 10.9. The maximum atomic E-state index is 11.9. The zero-order chi connectivity index (χ0) is 14.5. The number of ether oxygens (including phenoxy) is 1. The van der Waals surface area contributed by atoms with Gasteiger partial charge in [-0.05, 0) is 25.0 Å². The molecule has 2 rings (SSSR count). The molecule has 0 bridgehead atoms. The lowest BCUT2D eigenvalue weighted by Crippen LogP contribution is -2.45. The van der Waals surface area contributed by atoms with Crippen LogP contribution in [0.15, 0.2) is 22.8 Å². The number of nitrogens with two attached hydrogens (primary N) is 1. The Morgan fingerprint density at radius 1 is 1.45 bits per heavy atom. The lowest BCUT2D eigenvalue weighted by molar-refractivity contribution is -0.137. The van der Waals surface area contributed by atoms with E-state index < -0.39 is 11.9 Å². The summed E-state index contributed by atoms with van der Waals surface area (Å²) in [4.78, 5) is 36.0. The molecule has 1 aliphatic heterocycles. The highest BCUT2D eigenvalue weighted by Gasteiger charge is 2.27. The Morgan fingerprint density at radius 3 is 2.90 bits per heavy atom. The van der Waals surface area contributed by atoms with Gasteiger partial charge in [0.1, 0.15) is 0 Å². The number of nitrogens with zero attached hydrogens (tertiary/aromatic N) is 1. The fraction of sp³-hybridized carbons (Fsp3) is 0.462. The van der Waals surface area contributed by atoms with Gasteiger partial charge in [-0.15, -0.1) is 0 Å². The average Bonchev–Trinajstić information content (AvgIpc) is 2.98. The Balaban J connectivity index is 1.82. The highest BCUT2D eigenvalue weighted by atomic mass is 16.5. The normalized spacial score (nSPS) is 18.6. The number of piperidine rings is 1. The predicted molar refractivity (Wildman–Crippen MR) is 67.5 cm³/mol. The van der Waals surface area contributed by atoms with Crippen LogP contribution in [0.3, 0.4) is 0 Å². The Kier molecular flexibility index (Phi) is 4.39. The Hall–Kier alpha value is -2.31. The number of furan rings is 1. The summed E-state index contributed by atoms with van der Waals surface area (Å²) >= 11 is 0. The third-order valence-electron chi connectivity index (χ3n) is 3.23. The minimum absolute atomic E-state index is 0.0476. The molecule has 2 N–H and O–H groups in total. The summed E-state index contributed by atoms with van der Waals surface area (Å²) in [7, 11) is 0. The molecule has 1 saturated heterocycles. The SMILES string of the molecule is NC(=O)C1CCCN(C(=O)COC(=O)c2ccco2)C1. The number of esters is 1. The van der Waals surface area contributed by atoms with E-state index in [0.29, 0.717) is 19.4 Å². The summed E-state index contributed by atoms with van der Waals surface area (Å²) in [5.41, 5.74) is 5.24. The minimum atomic E-state index is -0.688. The first-order valence-corrected chi connectivity index (χ1v) is 6.35. The first-order chi connectivity index (χ1) is 9.58. The van der Waals surface area contributed by atoms with Crippen LogP contribution in [-0.4, -0.2) is 42.4 Å². The Morgan fingerprint density at radius 2 is 2.25 bits per heavy atom. The zero-order valence-corrected chi connectivity index (χ0v) is 10.9. The van der Waals surface area contributed by atoms with E-state index in [4.69, 9.17) is 14.9 Å². The molecule has 0 saturated carbocycles. The summed E-state index contributed by atoms with van der Waals surface area (Å²) in [6.07, 6.45) is 2.75. The van der Waals surface area contributed by atoms with Gasteiger partial charge in [-0.25, -0.2) is 4.79 Å². The van der Waals surface area contributed by atoms with Gasteiger partial charge in [-0.1, -0.05) is 0 Å². The van der Waals surface area contributed by atoms with Crippen molar-refractivity contribution < 1.29 is 23.5 Å². The maximum Gasteiger partial charge on any atom is 0.374 e. The molecule has 1 aromatic rings. The standard InChI is InChI=1S/C13H16N2O5/c14-12(17)9-3-1-5-15(7-9)11(16)8-20-13(18)10-4-2-6-19-10/h2,4,6,9H,1,3,5,7-8H2,(H2,14,17). The van der Waals surface area contributed by atoms with Crippen LogP contribution in [0.1, 0.15) is 23.4 Å². The van der Waals surface area contributed by atoms with Gasteiger partial charge in [0.15, 0.2) is 6.61 Å². The van der Waals surface area contributed by atoms with E-state index in [9.17, 15) is 14.4 Å². The van der Waals surface area contributed by atoms with Crippen molar-refractivity contribution in [2.24, 2.45) is 11.7 Å². The molecule has 0 spiro atoms. The second-order valence-electron chi connectivity index (χ2n) is 4.63. The highest BCUT2D eigenvalue weighted by molar-refractivity contribution is 5.89. The van der Waals surface area contributed by atoms with Crippen LogP contribution in [0, 0.1) is 5.92 Å². The first kappa shape index (κ1) is 14.1. The molecular weight excluding hydrogens is 264 g/mol. The molecule has 0 aliphatic carbocycles. The van der Waals surface area contributed by atoms with Gasteiger partial charge < -0.3 is 19.8 Å². The fourth-order valence-electron chi connectivity index (χ4n) is 2.12. The van der Waals surface area contributed by atoms with Crippen molar-refractivity contribution in [1.29, 1.82) is 0 Å². The molecule has 2 amide bonds. The lowest BCUT2D eigenvalue weighted by Gasteiger charge is -2.30. The molecule has 1 aliphatic rings. The van der Waals surface area contributed by atoms with Gasteiger partial charge >= 0.3 is 5.97 Å². The van der Waals surface area contributed by atoms with Gasteiger partial charge in [0.2, 0.25) is 11.7 Å². The summed E-state index contributed by atoms with van der Waals surface area (Å²) in [6.45, 7) is 0.457. The molecule has 0 aromatic carbocycles. The van der Waals surface area contributed by atoms with Crippen molar-refractivity contribution in [2.75, 3.05) is 19.7 Å². The molecule has 1 aromatic heterocycles. The van der Waals surface area contributed by atoms with E-state index in [0.717, 1.165) is 0 Å². The van der Waals surface area contributed by atoms with Crippen LogP contribution in [-0.2, 0) is 14.3 Å². The number of hydrogen-bond acceptors (Lipinski definition) is 5. The van der Waals surface area contributed by atoms with Crippen LogP contribution >= 0.6 is 0 Å². The molecule has 7 heteroatoms. The molecule has 1 fully saturated rings. The third-order valence-corrected chi connectivity index (χ3v) is 3.23. The maximum absolute atomic E-state index is 11.9. The number of likely N-dealkylation sites (tertiary alicyclic amines) is 1. The van der Waals surface area contributed by atoms with Crippen LogP contribution in [0.25, 0.3) is 0 Å². The molecular formula is C13H16N2O5. The second kappa shape index (κ2) is 6.23. The topological polar surface area (TPSA) is 103 Å². The van der Waals surface area contributed by atoms with E-state index in [1.54, 1.807) is 6.07 Å². The van der Waals surface area contributed by atoms with Gasteiger partial charge in [0.05, 0.1) is 12.2 Å². The summed E-state index contributed by atoms with van der Waals surface area (Å²) in [6, 6.07) is 3.01. The summed E-state index contributed by atoms with van der Waals surface area (Å²) in [5.74, 6) is -1.71. The van der Waals surface area contributed by atoms with Crippen LogP contribution in [0.2, 0.25) is 0 Å². The van der Waals surface area contributed by atoms with Crippen LogP contribution in [0.4, 0.5) is 0 Å². The quantitative estimate of drug-likeness (QED) is 0.791. The third kappa shape index (κ3) is 3.37. The van der Waals surface area contributed by atoms with Crippen molar-refractivity contribution in [3.05, 3.63) is 24.2 Å². The average molecular weight is 280 g/mol. The van der Waals surface area contributed by atoms with Crippen molar-refractivity contribution in [1.82, 2.24) is 4.90 Å². The van der Waals surface area contributed by atoms with Gasteiger partial charge in [0.25, 0.3) is 5.91 Å². The van der Waals surface area contributed by atoms with Crippen molar-refractivity contribution in [3.8, 4) is 0 Å². The molecule has 108 valence electrons. The van der Waals surface area contributed by atoms with Crippen LogP contribution in [0.5, 0.6) is 0 Å². The second-order valence-corrected chi connectivity index (χ2v) is 4.63. The predicted octanol–water partition coefficient (Wildman–Crippen LogP) is 0.160. The molecule has 1 atom stereocenters. The van der Waals surface area contributed by atoms with Gasteiger partial charge in [0, 0.05) is 13.1 Å². The molecule has 2 heterocycles. The van der Waals surface area contributed by atoms with Gasteiger partial charge in [-0.2, -0.15) is 0 Å². The minimum Gasteiger partial charge on any atom is -0.457 e. The summed E-state index contributed by atoms with van der Waals surface area (Å²) < 4.78 is 9.72. The lowest BCUT2D eigenvalue weighted by atomic mass is 9.97. The fourth-order valence-corrected chi connectivity index (χ4v) is 2.12. The number of rotatable bonds is 4. The highest BCUT2D eigenvalue weighted by Crippen LogP contribution is 2.16. The smallest absolute Gasteiger partial charge is 0.374 e. The van der Waals surface area contributed by atoms with Crippen molar-refractivity contribution in [2.45, 2.75) is 12.8 Å². The Bertz CT molecular complexity index is 497. The van der Waals surface area contributed by atoms with Crippen molar-refractivity contribution in [3.63, 3.8) is 0 Å². The van der Waals surface area contributed by atoms with E-state index >= 15 is 0 Å². The van der Waals surface area contributed by atoms with Crippen molar-refractivity contribution >= 4 is 17.8 Å². The Labute approximate surface area is 115 Å². The van der Waals surface area contributed by atoms with E-state index in [2.05, 4.69) is 0 Å².